The minimum absolute atomic E-state index is 0.234. The number of thiophene rings is 1. The van der Waals surface area contributed by atoms with Gasteiger partial charge < -0.3 is 19.6 Å². The quantitative estimate of drug-likeness (QED) is 0.567. The summed E-state index contributed by atoms with van der Waals surface area (Å²) in [6.07, 6.45) is 6.72. The van der Waals surface area contributed by atoms with Crippen molar-refractivity contribution in [1.29, 1.82) is 0 Å². The zero-order valence-electron chi connectivity index (χ0n) is 20.4. The lowest BCUT2D eigenvalue weighted by atomic mass is 10.00. The number of hydrogen-bond donors (Lipinski definition) is 1. The van der Waals surface area contributed by atoms with E-state index in [1.54, 1.807) is 12.1 Å². The molecule has 6 rings (SSSR count). The zero-order valence-corrected chi connectivity index (χ0v) is 21.2. The van der Waals surface area contributed by atoms with Crippen LogP contribution in [0.25, 0.3) is 21.6 Å². The van der Waals surface area contributed by atoms with E-state index in [9.17, 15) is 5.11 Å². The Morgan fingerprint density at radius 3 is 2.51 bits per heavy atom. The molecule has 3 aliphatic heterocycles. The monoisotopic (exact) mass is 493 g/mol. The van der Waals surface area contributed by atoms with E-state index >= 15 is 0 Å². The highest BCUT2D eigenvalue weighted by Crippen LogP contribution is 2.36. The largest absolute Gasteiger partial charge is 0.508 e. The molecule has 35 heavy (non-hydrogen) atoms. The fourth-order valence-electron chi connectivity index (χ4n) is 5.75. The van der Waals surface area contributed by atoms with Crippen molar-refractivity contribution in [3.8, 4) is 17.1 Å². The Balaban J connectivity index is 1.24. The Hall–Kier alpha value is -2.26. The van der Waals surface area contributed by atoms with Gasteiger partial charge in [-0.1, -0.05) is 18.6 Å². The first-order chi connectivity index (χ1) is 17.2. The Labute approximate surface area is 211 Å². The predicted molar refractivity (Wildman–Crippen MR) is 141 cm³/mol. The Morgan fingerprint density at radius 2 is 1.74 bits per heavy atom. The highest BCUT2D eigenvalue weighted by atomic mass is 32.1. The van der Waals surface area contributed by atoms with Gasteiger partial charge >= 0.3 is 0 Å². The smallest absolute Gasteiger partial charge is 0.162 e. The fourth-order valence-corrected chi connectivity index (χ4v) is 6.91. The van der Waals surface area contributed by atoms with Gasteiger partial charge in [-0.15, -0.1) is 11.3 Å². The van der Waals surface area contributed by atoms with E-state index in [1.807, 2.05) is 23.5 Å². The second-order valence-corrected chi connectivity index (χ2v) is 11.2. The lowest BCUT2D eigenvalue weighted by molar-refractivity contribution is 0.0901. The molecule has 0 saturated carbocycles. The van der Waals surface area contributed by atoms with Gasteiger partial charge in [0.25, 0.3) is 0 Å². The van der Waals surface area contributed by atoms with Crippen LogP contribution in [0.15, 0.2) is 30.3 Å². The number of anilines is 1. The maximum atomic E-state index is 10.0. The Morgan fingerprint density at radius 1 is 0.943 bits per heavy atom. The molecule has 0 atom stereocenters. The maximum Gasteiger partial charge on any atom is 0.162 e. The molecule has 0 aliphatic carbocycles. The first-order valence-corrected chi connectivity index (χ1v) is 13.9. The maximum absolute atomic E-state index is 10.0. The van der Waals surface area contributed by atoms with Crippen molar-refractivity contribution in [2.75, 3.05) is 57.4 Å². The molecule has 2 aromatic heterocycles. The molecule has 0 unspecified atom stereocenters. The van der Waals surface area contributed by atoms with Crippen molar-refractivity contribution in [2.24, 2.45) is 0 Å². The third-order valence-electron chi connectivity index (χ3n) is 7.66. The summed E-state index contributed by atoms with van der Waals surface area (Å²) in [4.78, 5) is 19.0. The molecule has 5 heterocycles. The number of fused-ring (bicyclic) bond motifs is 1. The number of phenols is 1. The van der Waals surface area contributed by atoms with Gasteiger partial charge in [0, 0.05) is 49.2 Å². The summed E-state index contributed by atoms with van der Waals surface area (Å²) in [7, 11) is 0. The predicted octanol–water partition coefficient (Wildman–Crippen LogP) is 4.35. The number of aromatic hydroxyl groups is 1. The molecule has 3 saturated heterocycles. The first kappa shape index (κ1) is 23.2. The number of ether oxygens (including phenoxy) is 1. The van der Waals surface area contributed by atoms with Crippen LogP contribution in [0.3, 0.4) is 0 Å². The van der Waals surface area contributed by atoms with Crippen molar-refractivity contribution in [3.63, 3.8) is 0 Å². The molecule has 0 bridgehead atoms. The van der Waals surface area contributed by atoms with Gasteiger partial charge in [-0.2, -0.15) is 0 Å². The summed E-state index contributed by atoms with van der Waals surface area (Å²) < 4.78 is 6.76. The summed E-state index contributed by atoms with van der Waals surface area (Å²) in [5, 5.41) is 10.0. The van der Waals surface area contributed by atoms with Crippen molar-refractivity contribution in [2.45, 2.75) is 44.7 Å². The molecule has 3 aromatic rings. The molecule has 8 heteroatoms. The summed E-state index contributed by atoms with van der Waals surface area (Å²) in [5.41, 5.74) is 1.84. The summed E-state index contributed by atoms with van der Waals surface area (Å²) in [6, 6.07) is 10.3. The van der Waals surface area contributed by atoms with E-state index in [-0.39, 0.29) is 5.75 Å². The van der Waals surface area contributed by atoms with E-state index in [4.69, 9.17) is 14.7 Å². The second kappa shape index (κ2) is 10.4. The molecule has 0 amide bonds. The van der Waals surface area contributed by atoms with E-state index in [2.05, 4.69) is 20.8 Å². The summed E-state index contributed by atoms with van der Waals surface area (Å²) >= 11 is 1.84. The van der Waals surface area contributed by atoms with E-state index in [1.165, 1.54) is 63.2 Å². The van der Waals surface area contributed by atoms with Gasteiger partial charge in [-0.05, 0) is 57.0 Å². The SMILES string of the molecule is Oc1cccc(-c2nc(N3CCOCC3)c3sc(CN4CCC(N5CCCCC5)CC4)cc3n2)c1. The molecule has 3 aliphatic rings. The van der Waals surface area contributed by atoms with Crippen molar-refractivity contribution < 1.29 is 9.84 Å². The number of piperidine rings is 2. The molecule has 1 aromatic carbocycles. The molecular formula is C27H35N5O2S. The lowest BCUT2D eigenvalue weighted by Gasteiger charge is -2.40. The highest BCUT2D eigenvalue weighted by molar-refractivity contribution is 7.19. The number of benzene rings is 1. The van der Waals surface area contributed by atoms with E-state index in [0.29, 0.717) is 5.82 Å². The highest BCUT2D eigenvalue weighted by Gasteiger charge is 2.26. The third kappa shape index (κ3) is 5.16. The van der Waals surface area contributed by atoms with Gasteiger partial charge in [0.05, 0.1) is 23.4 Å². The van der Waals surface area contributed by atoms with Crippen LogP contribution in [-0.4, -0.2) is 83.4 Å². The Bertz CT molecular complexity index is 1150. The van der Waals surface area contributed by atoms with Crippen LogP contribution < -0.4 is 4.90 Å². The van der Waals surface area contributed by atoms with Crippen LogP contribution in [0.1, 0.15) is 37.0 Å². The second-order valence-electron chi connectivity index (χ2n) is 10.1. The van der Waals surface area contributed by atoms with Crippen LogP contribution in [0.4, 0.5) is 5.82 Å². The zero-order chi connectivity index (χ0) is 23.6. The molecule has 0 radical (unpaired) electrons. The molecule has 7 nitrogen and oxygen atoms in total. The molecule has 186 valence electrons. The van der Waals surface area contributed by atoms with Crippen molar-refractivity contribution in [3.05, 3.63) is 35.2 Å². The van der Waals surface area contributed by atoms with Crippen LogP contribution >= 0.6 is 11.3 Å². The average Bonchev–Trinajstić information content (AvgIpc) is 3.32. The number of morpholine rings is 1. The first-order valence-electron chi connectivity index (χ1n) is 13.1. The number of phenolic OH excluding ortho intramolecular Hbond substituents is 1. The van der Waals surface area contributed by atoms with E-state index < -0.39 is 0 Å². The number of nitrogens with zero attached hydrogens (tertiary/aromatic N) is 5. The molecule has 3 fully saturated rings. The topological polar surface area (TPSA) is 65.0 Å². The van der Waals surface area contributed by atoms with E-state index in [0.717, 1.165) is 60.5 Å². The van der Waals surface area contributed by atoms with Gasteiger partial charge in [-0.25, -0.2) is 9.97 Å². The molecule has 1 N–H and O–H groups in total. The lowest BCUT2D eigenvalue weighted by Crippen LogP contribution is -2.46. The van der Waals surface area contributed by atoms with Crippen LogP contribution in [-0.2, 0) is 11.3 Å². The van der Waals surface area contributed by atoms with Gasteiger partial charge in [0.1, 0.15) is 5.75 Å². The third-order valence-corrected chi connectivity index (χ3v) is 8.77. The number of hydrogen-bond acceptors (Lipinski definition) is 8. The number of rotatable bonds is 5. The summed E-state index contributed by atoms with van der Waals surface area (Å²) in [5.74, 6) is 1.90. The summed E-state index contributed by atoms with van der Waals surface area (Å²) in [6.45, 7) is 9.03. The van der Waals surface area contributed by atoms with Gasteiger partial charge in [0.2, 0.25) is 0 Å². The Kier molecular flexibility index (Phi) is 6.87. The normalized spacial score (nSPS) is 21.1. The van der Waals surface area contributed by atoms with Crippen LogP contribution in [0.5, 0.6) is 5.75 Å². The number of aromatic nitrogens is 2. The van der Waals surface area contributed by atoms with Crippen LogP contribution in [0, 0.1) is 0 Å². The minimum Gasteiger partial charge on any atom is -0.508 e. The average molecular weight is 494 g/mol. The fraction of sp³-hybridized carbons (Fsp3) is 0.556. The number of likely N-dealkylation sites (tertiary alicyclic amines) is 2. The molecular weight excluding hydrogens is 458 g/mol. The van der Waals surface area contributed by atoms with Crippen LogP contribution in [0.2, 0.25) is 0 Å². The molecule has 0 spiro atoms. The van der Waals surface area contributed by atoms with Gasteiger partial charge in [-0.3, -0.25) is 4.90 Å². The standard InChI is InChI=1S/C27H35N5O2S/c33-22-6-4-5-20(17-22)26-28-24-18-23(35-25(24)27(29-26)32-13-15-34-16-14-32)19-30-11-7-21(8-12-30)31-9-2-1-3-10-31/h4-6,17-18,21,33H,1-3,7-16,19H2. The van der Waals surface area contributed by atoms with Crippen molar-refractivity contribution >= 4 is 27.4 Å². The van der Waals surface area contributed by atoms with Gasteiger partial charge in [0.15, 0.2) is 11.6 Å². The van der Waals surface area contributed by atoms with Crippen molar-refractivity contribution in [1.82, 2.24) is 19.8 Å². The minimum atomic E-state index is 0.234.